The highest BCUT2D eigenvalue weighted by Crippen LogP contribution is 2.26. The number of H-pyrrole nitrogens is 1. The second kappa shape index (κ2) is 8.45. The lowest BCUT2D eigenvalue weighted by molar-refractivity contribution is 0.521. The molecular formula is C21H24N6O2S2. The van der Waals surface area contributed by atoms with Crippen LogP contribution in [-0.2, 0) is 22.3 Å². The molecule has 162 valence electrons. The van der Waals surface area contributed by atoms with Gasteiger partial charge in [-0.05, 0) is 32.0 Å². The Bertz CT molecular complexity index is 1320. The molecular weight excluding hydrogens is 432 g/mol. The van der Waals surface area contributed by atoms with Crippen molar-refractivity contribution in [2.45, 2.75) is 36.2 Å². The lowest BCUT2D eigenvalue weighted by Gasteiger charge is -2.11. The molecule has 1 N–H and O–H groups in total. The normalized spacial score (nSPS) is 12.2. The summed E-state index contributed by atoms with van der Waals surface area (Å²) in [6.45, 7) is 4.82. The largest absolute Gasteiger partial charge is 0.328 e. The van der Waals surface area contributed by atoms with Crippen molar-refractivity contribution in [2.24, 2.45) is 0 Å². The fourth-order valence-electron chi connectivity index (χ4n) is 3.27. The Morgan fingerprint density at radius 2 is 1.84 bits per heavy atom. The summed E-state index contributed by atoms with van der Waals surface area (Å²) in [5.41, 5.74) is 3.75. The molecule has 0 saturated heterocycles. The van der Waals surface area contributed by atoms with E-state index >= 15 is 0 Å². The Morgan fingerprint density at radius 3 is 2.52 bits per heavy atom. The van der Waals surface area contributed by atoms with Crippen molar-refractivity contribution in [3.05, 3.63) is 53.9 Å². The van der Waals surface area contributed by atoms with E-state index in [-0.39, 0.29) is 4.90 Å². The predicted molar refractivity (Wildman–Crippen MR) is 122 cm³/mol. The molecule has 4 aromatic rings. The van der Waals surface area contributed by atoms with Gasteiger partial charge in [0, 0.05) is 26.2 Å². The number of nitrogens with one attached hydrogen (secondary N) is 1. The van der Waals surface area contributed by atoms with Crippen LogP contribution in [0.2, 0.25) is 0 Å². The number of sulfonamides is 1. The number of benzene rings is 2. The van der Waals surface area contributed by atoms with Crippen molar-refractivity contribution in [1.29, 1.82) is 0 Å². The molecule has 0 aliphatic heterocycles. The van der Waals surface area contributed by atoms with Gasteiger partial charge < -0.3 is 4.57 Å². The summed E-state index contributed by atoms with van der Waals surface area (Å²) in [6, 6.07) is 13.2. The Morgan fingerprint density at radius 1 is 1.10 bits per heavy atom. The van der Waals surface area contributed by atoms with Crippen LogP contribution in [0.1, 0.15) is 18.3 Å². The van der Waals surface area contributed by atoms with E-state index in [9.17, 15) is 8.42 Å². The third kappa shape index (κ3) is 4.23. The van der Waals surface area contributed by atoms with Crippen molar-refractivity contribution in [2.75, 3.05) is 14.1 Å². The average molecular weight is 457 g/mol. The van der Waals surface area contributed by atoms with E-state index in [1.807, 2.05) is 44.2 Å². The van der Waals surface area contributed by atoms with Crippen LogP contribution in [0.3, 0.4) is 0 Å². The van der Waals surface area contributed by atoms with Gasteiger partial charge in [0.15, 0.2) is 5.82 Å². The van der Waals surface area contributed by atoms with Crippen LogP contribution in [0.25, 0.3) is 22.4 Å². The Labute approximate surface area is 185 Å². The summed E-state index contributed by atoms with van der Waals surface area (Å²) in [6.07, 6.45) is 0. The van der Waals surface area contributed by atoms with Gasteiger partial charge >= 0.3 is 0 Å². The molecule has 0 unspecified atom stereocenters. The maximum Gasteiger partial charge on any atom is 0.242 e. The fourth-order valence-corrected chi connectivity index (χ4v) is 4.94. The van der Waals surface area contributed by atoms with Crippen molar-refractivity contribution >= 4 is 32.8 Å². The molecule has 4 rings (SSSR count). The topological polar surface area (TPSA) is 96.8 Å². The highest BCUT2D eigenvalue weighted by Gasteiger charge is 2.20. The number of aromatic amines is 1. The molecule has 0 amide bonds. The van der Waals surface area contributed by atoms with Crippen molar-refractivity contribution < 1.29 is 8.42 Å². The summed E-state index contributed by atoms with van der Waals surface area (Å²) in [4.78, 5) is 9.51. The number of hydrogen-bond donors (Lipinski definition) is 1. The number of fused-ring (bicyclic) bond motifs is 1. The highest BCUT2D eigenvalue weighted by molar-refractivity contribution is 7.98. The summed E-state index contributed by atoms with van der Waals surface area (Å²) >= 11 is 1.49. The van der Waals surface area contributed by atoms with Gasteiger partial charge in [0.25, 0.3) is 0 Å². The molecule has 8 nitrogen and oxygen atoms in total. The quantitative estimate of drug-likeness (QED) is 0.426. The summed E-state index contributed by atoms with van der Waals surface area (Å²) in [5.74, 6) is 2.15. The summed E-state index contributed by atoms with van der Waals surface area (Å²) in [5, 5.41) is 7.94. The van der Waals surface area contributed by atoms with Crippen molar-refractivity contribution in [3.8, 4) is 11.4 Å². The molecule has 10 heteroatoms. The zero-order chi connectivity index (χ0) is 22.2. The molecule has 0 atom stereocenters. The fraction of sp³-hybridized carbons (Fsp3) is 0.286. The standard InChI is InChI=1S/C21H24N6O2S2/c1-5-27-18-11-10-16(31(28,29)26(3)4)12-17(18)22-19(27)13-30-21-23-20(24-25-21)15-8-6-14(2)7-9-15/h6-12H,5,13H2,1-4H3,(H,23,24,25). The lowest BCUT2D eigenvalue weighted by Crippen LogP contribution is -2.22. The minimum atomic E-state index is -3.51. The number of nitrogens with zero attached hydrogens (tertiary/aromatic N) is 5. The maximum absolute atomic E-state index is 12.5. The Balaban J connectivity index is 1.58. The van der Waals surface area contributed by atoms with E-state index in [0.29, 0.717) is 16.4 Å². The molecule has 2 aromatic heterocycles. The second-order valence-electron chi connectivity index (χ2n) is 7.33. The third-order valence-electron chi connectivity index (χ3n) is 5.01. The van der Waals surface area contributed by atoms with Gasteiger partial charge in [-0.25, -0.2) is 22.7 Å². The molecule has 0 saturated carbocycles. The third-order valence-corrected chi connectivity index (χ3v) is 7.67. The van der Waals surface area contributed by atoms with E-state index < -0.39 is 10.0 Å². The average Bonchev–Trinajstić information content (AvgIpc) is 3.36. The van der Waals surface area contributed by atoms with E-state index in [0.717, 1.165) is 29.3 Å². The SMILES string of the molecule is CCn1c(CSc2n[nH]c(-c3ccc(C)cc3)n2)nc2cc(S(=O)(=O)N(C)C)ccc21. The number of rotatable bonds is 7. The Kier molecular flexibility index (Phi) is 5.87. The first kappa shape index (κ1) is 21.5. The smallest absolute Gasteiger partial charge is 0.242 e. The first-order valence-electron chi connectivity index (χ1n) is 9.83. The highest BCUT2D eigenvalue weighted by atomic mass is 32.2. The number of thioether (sulfide) groups is 1. The number of hydrogen-bond acceptors (Lipinski definition) is 6. The molecule has 0 aliphatic rings. The van der Waals surface area contributed by atoms with Crippen LogP contribution >= 0.6 is 11.8 Å². The van der Waals surface area contributed by atoms with Gasteiger partial charge in [-0.3, -0.25) is 5.10 Å². The second-order valence-corrected chi connectivity index (χ2v) is 10.4. The zero-order valence-electron chi connectivity index (χ0n) is 17.8. The molecule has 31 heavy (non-hydrogen) atoms. The van der Waals surface area contributed by atoms with Crippen molar-refractivity contribution in [3.63, 3.8) is 0 Å². The number of aromatic nitrogens is 5. The number of imidazole rings is 1. The molecule has 0 radical (unpaired) electrons. The van der Waals surface area contributed by atoms with Crippen molar-refractivity contribution in [1.82, 2.24) is 29.0 Å². The van der Waals surface area contributed by atoms with E-state index in [1.54, 1.807) is 12.1 Å². The molecule has 0 fully saturated rings. The molecule has 2 heterocycles. The first-order valence-corrected chi connectivity index (χ1v) is 12.3. The van der Waals surface area contributed by atoms with Gasteiger partial charge in [-0.1, -0.05) is 41.6 Å². The lowest BCUT2D eigenvalue weighted by atomic mass is 10.1. The van der Waals surface area contributed by atoms with Gasteiger partial charge in [-0.2, -0.15) is 0 Å². The molecule has 2 aromatic carbocycles. The van der Waals surface area contributed by atoms with Crippen LogP contribution in [0.5, 0.6) is 0 Å². The van der Waals surface area contributed by atoms with Crippen LogP contribution in [0, 0.1) is 6.92 Å². The maximum atomic E-state index is 12.5. The number of aryl methyl sites for hydroxylation is 2. The van der Waals surface area contributed by atoms with Crippen LogP contribution < -0.4 is 0 Å². The van der Waals surface area contributed by atoms with Crippen LogP contribution in [0.4, 0.5) is 0 Å². The van der Waals surface area contributed by atoms with Crippen LogP contribution in [0.15, 0.2) is 52.5 Å². The van der Waals surface area contributed by atoms with E-state index in [2.05, 4.69) is 19.7 Å². The summed E-state index contributed by atoms with van der Waals surface area (Å²) < 4.78 is 28.2. The van der Waals surface area contributed by atoms with Gasteiger partial charge in [0.05, 0.1) is 21.7 Å². The molecule has 0 aliphatic carbocycles. The molecule has 0 bridgehead atoms. The molecule has 0 spiro atoms. The predicted octanol–water partition coefficient (Wildman–Crippen LogP) is 3.69. The van der Waals surface area contributed by atoms with E-state index in [4.69, 9.17) is 4.98 Å². The van der Waals surface area contributed by atoms with Gasteiger partial charge in [-0.15, -0.1) is 5.10 Å². The van der Waals surface area contributed by atoms with Gasteiger partial charge in [0.1, 0.15) is 5.82 Å². The monoisotopic (exact) mass is 456 g/mol. The summed E-state index contributed by atoms with van der Waals surface area (Å²) in [7, 11) is -0.462. The van der Waals surface area contributed by atoms with E-state index in [1.165, 1.54) is 35.7 Å². The van der Waals surface area contributed by atoms with Gasteiger partial charge in [0.2, 0.25) is 15.2 Å². The van der Waals surface area contributed by atoms with Crippen LogP contribution in [-0.4, -0.2) is 51.6 Å². The minimum absolute atomic E-state index is 0.238. The first-order chi connectivity index (χ1) is 14.8. The Hall–Kier alpha value is -2.69. The zero-order valence-corrected chi connectivity index (χ0v) is 19.5. The minimum Gasteiger partial charge on any atom is -0.328 e.